The lowest BCUT2D eigenvalue weighted by atomic mass is 10.1. The van der Waals surface area contributed by atoms with E-state index in [-0.39, 0.29) is 5.91 Å². The van der Waals surface area contributed by atoms with Crippen LogP contribution in [0.5, 0.6) is 0 Å². The first-order chi connectivity index (χ1) is 9.04. The SMILES string of the molecule is CC.CC(=O)N(C)CCOCCOCCCC(C)C. The first-order valence-electron chi connectivity index (χ1n) is 7.41. The third kappa shape index (κ3) is 17.4. The fourth-order valence-corrected chi connectivity index (χ4v) is 1.27. The molecule has 0 unspecified atom stereocenters. The molecule has 0 atom stereocenters. The normalized spacial score (nSPS) is 10.1. The molecular weight excluding hydrogens is 242 g/mol. The van der Waals surface area contributed by atoms with Crippen LogP contribution in [0.1, 0.15) is 47.5 Å². The lowest BCUT2D eigenvalue weighted by Crippen LogP contribution is -2.28. The smallest absolute Gasteiger partial charge is 0.219 e. The van der Waals surface area contributed by atoms with Gasteiger partial charge in [0.25, 0.3) is 0 Å². The molecule has 0 spiro atoms. The minimum atomic E-state index is 0.0681. The summed E-state index contributed by atoms with van der Waals surface area (Å²) in [6.07, 6.45) is 2.33. The molecule has 0 aliphatic heterocycles. The minimum absolute atomic E-state index is 0.0681. The Balaban J connectivity index is 0. The zero-order valence-electron chi connectivity index (χ0n) is 13.7. The van der Waals surface area contributed by atoms with Crippen LogP contribution in [-0.4, -0.2) is 50.8 Å². The zero-order valence-corrected chi connectivity index (χ0v) is 13.7. The number of likely N-dealkylation sites (N-methyl/N-ethyl adjacent to an activating group) is 1. The molecule has 0 bridgehead atoms. The van der Waals surface area contributed by atoms with E-state index in [9.17, 15) is 4.79 Å². The van der Waals surface area contributed by atoms with E-state index in [0.29, 0.717) is 26.4 Å². The molecular formula is C15H33NO3. The summed E-state index contributed by atoms with van der Waals surface area (Å²) < 4.78 is 10.8. The van der Waals surface area contributed by atoms with E-state index in [2.05, 4.69) is 13.8 Å². The Morgan fingerprint density at radius 3 is 2.05 bits per heavy atom. The predicted molar refractivity (Wildman–Crippen MR) is 80.4 cm³/mol. The van der Waals surface area contributed by atoms with Crippen molar-refractivity contribution < 1.29 is 14.3 Å². The van der Waals surface area contributed by atoms with Crippen LogP contribution in [0.2, 0.25) is 0 Å². The van der Waals surface area contributed by atoms with E-state index in [1.165, 1.54) is 6.42 Å². The number of rotatable bonds is 10. The topological polar surface area (TPSA) is 38.8 Å². The molecule has 0 heterocycles. The van der Waals surface area contributed by atoms with Gasteiger partial charge in [0.05, 0.1) is 19.8 Å². The highest BCUT2D eigenvalue weighted by atomic mass is 16.5. The fourth-order valence-electron chi connectivity index (χ4n) is 1.27. The summed E-state index contributed by atoms with van der Waals surface area (Å²) in [5, 5.41) is 0. The number of carbonyl (C=O) groups is 1. The lowest BCUT2D eigenvalue weighted by molar-refractivity contribution is -0.128. The average molecular weight is 275 g/mol. The Kier molecular flexibility index (Phi) is 16.8. The number of hydrogen-bond acceptors (Lipinski definition) is 3. The second kappa shape index (κ2) is 15.4. The van der Waals surface area contributed by atoms with Crippen molar-refractivity contribution in [3.63, 3.8) is 0 Å². The Morgan fingerprint density at radius 2 is 1.58 bits per heavy atom. The third-order valence-electron chi connectivity index (χ3n) is 2.55. The molecule has 0 fully saturated rings. The van der Waals surface area contributed by atoms with Crippen molar-refractivity contribution in [2.45, 2.75) is 47.5 Å². The highest BCUT2D eigenvalue weighted by Crippen LogP contribution is 2.02. The van der Waals surface area contributed by atoms with Crippen LogP contribution in [0.25, 0.3) is 0 Å². The molecule has 4 heteroatoms. The van der Waals surface area contributed by atoms with Gasteiger partial charge in [0.1, 0.15) is 0 Å². The first kappa shape index (κ1) is 20.7. The maximum absolute atomic E-state index is 10.9. The van der Waals surface area contributed by atoms with Gasteiger partial charge in [-0.15, -0.1) is 0 Å². The Bertz CT molecular complexity index is 196. The predicted octanol–water partition coefficient (Wildman–Crippen LogP) is 2.96. The van der Waals surface area contributed by atoms with Crippen LogP contribution < -0.4 is 0 Å². The maximum atomic E-state index is 10.9. The summed E-state index contributed by atoms with van der Waals surface area (Å²) in [6, 6.07) is 0. The average Bonchev–Trinajstić information content (AvgIpc) is 2.38. The molecule has 0 N–H and O–H groups in total. The van der Waals surface area contributed by atoms with Gasteiger partial charge >= 0.3 is 0 Å². The number of carbonyl (C=O) groups excluding carboxylic acids is 1. The van der Waals surface area contributed by atoms with Gasteiger partial charge < -0.3 is 14.4 Å². The van der Waals surface area contributed by atoms with Crippen LogP contribution in [0.15, 0.2) is 0 Å². The number of ether oxygens (including phenoxy) is 2. The van der Waals surface area contributed by atoms with Crippen LogP contribution in [0.4, 0.5) is 0 Å². The molecule has 1 amide bonds. The monoisotopic (exact) mass is 275 g/mol. The standard InChI is InChI=1S/C13H27NO3.C2H6/c1-12(2)6-5-8-16-10-11-17-9-7-14(4)13(3)15;1-2/h12H,5-11H2,1-4H3;1-2H3. The van der Waals surface area contributed by atoms with Gasteiger partial charge in [-0.05, 0) is 18.8 Å². The highest BCUT2D eigenvalue weighted by molar-refractivity contribution is 5.72. The van der Waals surface area contributed by atoms with E-state index in [4.69, 9.17) is 9.47 Å². The molecule has 0 aliphatic carbocycles. The van der Waals surface area contributed by atoms with Crippen molar-refractivity contribution in [1.29, 1.82) is 0 Å². The second-order valence-electron chi connectivity index (χ2n) is 4.70. The van der Waals surface area contributed by atoms with Crippen molar-refractivity contribution in [2.24, 2.45) is 5.92 Å². The zero-order chi connectivity index (χ0) is 15.1. The molecule has 19 heavy (non-hydrogen) atoms. The van der Waals surface area contributed by atoms with Crippen LogP contribution in [0, 0.1) is 5.92 Å². The number of amides is 1. The van der Waals surface area contributed by atoms with Gasteiger partial charge in [0.15, 0.2) is 0 Å². The van der Waals surface area contributed by atoms with Crippen molar-refractivity contribution in [1.82, 2.24) is 4.90 Å². The highest BCUT2D eigenvalue weighted by Gasteiger charge is 2.00. The van der Waals surface area contributed by atoms with Crippen molar-refractivity contribution >= 4 is 5.91 Å². The molecule has 0 radical (unpaired) electrons. The summed E-state index contributed by atoms with van der Waals surface area (Å²) in [6.45, 7) is 13.3. The Labute approximate surface area is 119 Å². The molecule has 0 saturated heterocycles. The van der Waals surface area contributed by atoms with Gasteiger partial charge in [-0.1, -0.05) is 27.7 Å². The maximum Gasteiger partial charge on any atom is 0.219 e. The molecule has 0 rings (SSSR count). The van der Waals surface area contributed by atoms with E-state index >= 15 is 0 Å². The first-order valence-corrected chi connectivity index (χ1v) is 7.41. The molecule has 0 saturated carbocycles. The van der Waals surface area contributed by atoms with Gasteiger partial charge in [-0.25, -0.2) is 0 Å². The molecule has 0 aromatic heterocycles. The fraction of sp³-hybridized carbons (Fsp3) is 0.933. The largest absolute Gasteiger partial charge is 0.379 e. The summed E-state index contributed by atoms with van der Waals surface area (Å²) in [4.78, 5) is 12.5. The van der Waals surface area contributed by atoms with Crippen molar-refractivity contribution in [2.75, 3.05) is 40.0 Å². The van der Waals surface area contributed by atoms with Gasteiger partial charge in [-0.2, -0.15) is 0 Å². The summed E-state index contributed by atoms with van der Waals surface area (Å²) in [7, 11) is 1.77. The summed E-state index contributed by atoms with van der Waals surface area (Å²) in [5.74, 6) is 0.815. The van der Waals surface area contributed by atoms with Crippen molar-refractivity contribution in [3.05, 3.63) is 0 Å². The molecule has 4 nitrogen and oxygen atoms in total. The molecule has 0 aliphatic rings. The molecule has 0 aromatic rings. The molecule has 116 valence electrons. The molecule has 0 aromatic carbocycles. The summed E-state index contributed by atoms with van der Waals surface area (Å²) in [5.41, 5.74) is 0. The lowest BCUT2D eigenvalue weighted by Gasteiger charge is -2.14. The minimum Gasteiger partial charge on any atom is -0.379 e. The van der Waals surface area contributed by atoms with Gasteiger partial charge in [-0.3, -0.25) is 4.79 Å². The Hall–Kier alpha value is -0.610. The summed E-state index contributed by atoms with van der Waals surface area (Å²) >= 11 is 0. The number of hydrogen-bond donors (Lipinski definition) is 0. The van der Waals surface area contributed by atoms with Crippen LogP contribution in [0.3, 0.4) is 0 Å². The van der Waals surface area contributed by atoms with E-state index in [1.54, 1.807) is 18.9 Å². The second-order valence-corrected chi connectivity index (χ2v) is 4.70. The third-order valence-corrected chi connectivity index (χ3v) is 2.55. The van der Waals surface area contributed by atoms with Crippen molar-refractivity contribution in [3.8, 4) is 0 Å². The van der Waals surface area contributed by atoms with E-state index < -0.39 is 0 Å². The van der Waals surface area contributed by atoms with Gasteiger partial charge in [0, 0.05) is 27.1 Å². The van der Waals surface area contributed by atoms with Gasteiger partial charge in [0.2, 0.25) is 5.91 Å². The quantitative estimate of drug-likeness (QED) is 0.575. The van der Waals surface area contributed by atoms with Crippen LogP contribution >= 0.6 is 0 Å². The van der Waals surface area contributed by atoms with Crippen LogP contribution in [-0.2, 0) is 14.3 Å². The Morgan fingerprint density at radius 1 is 1.05 bits per heavy atom. The number of nitrogens with zero attached hydrogens (tertiary/aromatic N) is 1. The van der Waals surface area contributed by atoms with E-state index in [1.807, 2.05) is 13.8 Å². The van der Waals surface area contributed by atoms with E-state index in [0.717, 1.165) is 18.9 Å².